The highest BCUT2D eigenvalue weighted by Gasteiger charge is 2.25. The van der Waals surface area contributed by atoms with E-state index in [1.165, 1.54) is 10.4 Å². The third kappa shape index (κ3) is 4.52. The zero-order chi connectivity index (χ0) is 22.8. The maximum absolute atomic E-state index is 13.8. The molecule has 4 aromatic rings. The Morgan fingerprint density at radius 3 is 2.64 bits per heavy atom. The molecular weight excluding hydrogens is 452 g/mol. The number of benzene rings is 2. The number of rotatable bonds is 7. The van der Waals surface area contributed by atoms with Crippen LogP contribution in [-0.2, 0) is 12.8 Å². The van der Waals surface area contributed by atoms with Gasteiger partial charge in [0, 0.05) is 10.6 Å². The number of methoxy groups -OCH3 is 1. The lowest BCUT2D eigenvalue weighted by atomic mass is 9.89. The number of hydrogen-bond donors (Lipinski definition) is 0. The van der Waals surface area contributed by atoms with Crippen molar-refractivity contribution in [2.75, 3.05) is 19.5 Å². The summed E-state index contributed by atoms with van der Waals surface area (Å²) >= 11 is 3.25. The predicted molar refractivity (Wildman–Crippen MR) is 136 cm³/mol. The minimum atomic E-state index is 0.0387. The number of nitrogens with zero attached hydrogens (tertiary/aromatic N) is 2. The molecule has 5 rings (SSSR count). The summed E-state index contributed by atoms with van der Waals surface area (Å²) in [5, 5.41) is 1.52. The molecule has 0 saturated carbocycles. The first-order chi connectivity index (χ1) is 16.1. The standard InChI is InChI=1S/C26H26N2O3S2/c1-17-8-13-21-22(16-17)33-24-23(21)25(29)28(18-6-4-3-5-7-18)26(27-24)32-15-14-31-20-11-9-19(30-2)10-12-20/h3-7,9-12,17H,8,13-16H2,1-2H3. The summed E-state index contributed by atoms with van der Waals surface area (Å²) in [5.41, 5.74) is 2.10. The van der Waals surface area contributed by atoms with Gasteiger partial charge in [0.25, 0.3) is 5.56 Å². The molecule has 7 heteroatoms. The Bertz CT molecular complexity index is 1310. The van der Waals surface area contributed by atoms with E-state index in [0.717, 1.165) is 46.7 Å². The predicted octanol–water partition coefficient (Wildman–Crippen LogP) is 5.75. The molecule has 0 bridgehead atoms. The van der Waals surface area contributed by atoms with E-state index in [9.17, 15) is 4.79 Å². The molecule has 33 heavy (non-hydrogen) atoms. The van der Waals surface area contributed by atoms with Crippen molar-refractivity contribution in [1.82, 2.24) is 9.55 Å². The third-order valence-electron chi connectivity index (χ3n) is 5.96. The molecule has 0 radical (unpaired) electrons. The minimum absolute atomic E-state index is 0.0387. The molecule has 1 aliphatic carbocycles. The van der Waals surface area contributed by atoms with Crippen molar-refractivity contribution < 1.29 is 9.47 Å². The highest BCUT2D eigenvalue weighted by Crippen LogP contribution is 2.37. The van der Waals surface area contributed by atoms with Crippen LogP contribution in [0.5, 0.6) is 11.5 Å². The van der Waals surface area contributed by atoms with E-state index in [2.05, 4.69) is 6.92 Å². The molecule has 0 aliphatic heterocycles. The average Bonchev–Trinajstić information content (AvgIpc) is 3.20. The zero-order valence-electron chi connectivity index (χ0n) is 18.7. The Kier molecular flexibility index (Phi) is 6.42. The fraction of sp³-hybridized carbons (Fsp3) is 0.308. The lowest BCUT2D eigenvalue weighted by molar-refractivity contribution is 0.342. The summed E-state index contributed by atoms with van der Waals surface area (Å²) in [5.74, 6) is 2.93. The molecule has 170 valence electrons. The topological polar surface area (TPSA) is 53.4 Å². The first kappa shape index (κ1) is 22.0. The minimum Gasteiger partial charge on any atom is -0.497 e. The largest absolute Gasteiger partial charge is 0.497 e. The van der Waals surface area contributed by atoms with Crippen LogP contribution in [0.1, 0.15) is 23.8 Å². The lowest BCUT2D eigenvalue weighted by Gasteiger charge is -2.17. The van der Waals surface area contributed by atoms with E-state index in [-0.39, 0.29) is 5.56 Å². The van der Waals surface area contributed by atoms with E-state index < -0.39 is 0 Å². The lowest BCUT2D eigenvalue weighted by Crippen LogP contribution is -2.23. The molecule has 2 aromatic carbocycles. The van der Waals surface area contributed by atoms with Gasteiger partial charge in [0.15, 0.2) is 5.16 Å². The summed E-state index contributed by atoms with van der Waals surface area (Å²) in [6, 6.07) is 17.4. The smallest absolute Gasteiger partial charge is 0.267 e. The van der Waals surface area contributed by atoms with Crippen LogP contribution in [0.2, 0.25) is 0 Å². The van der Waals surface area contributed by atoms with Gasteiger partial charge in [0.05, 0.1) is 24.8 Å². The number of hydrogen-bond acceptors (Lipinski definition) is 6. The van der Waals surface area contributed by atoms with Gasteiger partial charge in [-0.05, 0) is 67.1 Å². The van der Waals surface area contributed by atoms with E-state index in [1.54, 1.807) is 34.8 Å². The van der Waals surface area contributed by atoms with Crippen LogP contribution in [-0.4, -0.2) is 29.0 Å². The number of aromatic nitrogens is 2. The van der Waals surface area contributed by atoms with Crippen molar-refractivity contribution in [2.24, 2.45) is 5.92 Å². The van der Waals surface area contributed by atoms with Gasteiger partial charge in [-0.1, -0.05) is 36.9 Å². The first-order valence-electron chi connectivity index (χ1n) is 11.2. The van der Waals surface area contributed by atoms with Crippen molar-refractivity contribution in [3.63, 3.8) is 0 Å². The maximum atomic E-state index is 13.8. The third-order valence-corrected chi connectivity index (χ3v) is 8.01. The van der Waals surface area contributed by atoms with Crippen LogP contribution < -0.4 is 15.0 Å². The molecule has 1 atom stereocenters. The summed E-state index contributed by atoms with van der Waals surface area (Å²) in [6.07, 6.45) is 3.13. The maximum Gasteiger partial charge on any atom is 0.267 e. The summed E-state index contributed by atoms with van der Waals surface area (Å²) in [6.45, 7) is 2.80. The molecule has 0 N–H and O–H groups in total. The van der Waals surface area contributed by atoms with Crippen molar-refractivity contribution in [1.29, 1.82) is 0 Å². The molecule has 0 spiro atoms. The normalized spacial score (nSPS) is 15.4. The van der Waals surface area contributed by atoms with Crippen molar-refractivity contribution in [3.05, 3.63) is 75.4 Å². The number of para-hydroxylation sites is 1. The monoisotopic (exact) mass is 478 g/mol. The molecule has 2 heterocycles. The van der Waals surface area contributed by atoms with Gasteiger partial charge in [0.1, 0.15) is 16.3 Å². The van der Waals surface area contributed by atoms with Gasteiger partial charge < -0.3 is 9.47 Å². The molecule has 1 unspecified atom stereocenters. The van der Waals surface area contributed by atoms with Gasteiger partial charge in [-0.2, -0.15) is 0 Å². The van der Waals surface area contributed by atoms with E-state index >= 15 is 0 Å². The fourth-order valence-electron chi connectivity index (χ4n) is 4.24. The van der Waals surface area contributed by atoms with Gasteiger partial charge in [-0.3, -0.25) is 9.36 Å². The van der Waals surface area contributed by atoms with Gasteiger partial charge in [-0.15, -0.1) is 11.3 Å². The van der Waals surface area contributed by atoms with E-state index in [0.29, 0.717) is 23.4 Å². The van der Waals surface area contributed by atoms with Gasteiger partial charge in [-0.25, -0.2) is 4.98 Å². The van der Waals surface area contributed by atoms with Crippen LogP contribution in [0.4, 0.5) is 0 Å². The number of thioether (sulfide) groups is 1. The van der Waals surface area contributed by atoms with Crippen LogP contribution in [0.15, 0.2) is 64.5 Å². The molecular formula is C26H26N2O3S2. The molecule has 5 nitrogen and oxygen atoms in total. The van der Waals surface area contributed by atoms with E-state index in [4.69, 9.17) is 14.5 Å². The quantitative estimate of drug-likeness (QED) is 0.192. The van der Waals surface area contributed by atoms with Gasteiger partial charge in [0.2, 0.25) is 0 Å². The van der Waals surface area contributed by atoms with Crippen molar-refractivity contribution >= 4 is 33.3 Å². The molecule has 0 amide bonds. The zero-order valence-corrected chi connectivity index (χ0v) is 20.4. The Morgan fingerprint density at radius 2 is 1.88 bits per heavy atom. The number of thiophene rings is 1. The molecule has 1 aliphatic rings. The highest BCUT2D eigenvalue weighted by molar-refractivity contribution is 7.99. The second-order valence-electron chi connectivity index (χ2n) is 8.27. The van der Waals surface area contributed by atoms with Crippen LogP contribution in [0, 0.1) is 5.92 Å². The van der Waals surface area contributed by atoms with Crippen LogP contribution in [0.25, 0.3) is 15.9 Å². The van der Waals surface area contributed by atoms with E-state index in [1.807, 2.05) is 54.6 Å². The molecule has 0 saturated heterocycles. The molecule has 2 aromatic heterocycles. The highest BCUT2D eigenvalue weighted by atomic mass is 32.2. The van der Waals surface area contributed by atoms with Crippen LogP contribution in [0.3, 0.4) is 0 Å². The van der Waals surface area contributed by atoms with Gasteiger partial charge >= 0.3 is 0 Å². The second kappa shape index (κ2) is 9.61. The first-order valence-corrected chi connectivity index (χ1v) is 13.0. The second-order valence-corrected chi connectivity index (χ2v) is 10.4. The SMILES string of the molecule is COc1ccc(OCCSc2nc3sc4c(c3c(=O)n2-c2ccccc2)CCC(C)C4)cc1. The Morgan fingerprint density at radius 1 is 1.12 bits per heavy atom. The summed E-state index contributed by atoms with van der Waals surface area (Å²) in [7, 11) is 1.65. The summed E-state index contributed by atoms with van der Waals surface area (Å²) in [4.78, 5) is 20.9. The summed E-state index contributed by atoms with van der Waals surface area (Å²) < 4.78 is 12.8. The van der Waals surface area contributed by atoms with Crippen molar-refractivity contribution in [2.45, 2.75) is 31.3 Å². The Labute approximate surface area is 201 Å². The number of aryl methyl sites for hydroxylation is 1. The molecule has 0 fully saturated rings. The fourth-order valence-corrected chi connectivity index (χ4v) is 6.49. The number of ether oxygens (including phenoxy) is 2. The van der Waals surface area contributed by atoms with Crippen molar-refractivity contribution in [3.8, 4) is 17.2 Å². The number of fused-ring (bicyclic) bond motifs is 3. The average molecular weight is 479 g/mol. The Hall–Kier alpha value is -2.77. The Balaban J connectivity index is 1.44. The van der Waals surface area contributed by atoms with Crippen LogP contribution >= 0.6 is 23.1 Å².